The summed E-state index contributed by atoms with van der Waals surface area (Å²) in [6.07, 6.45) is -7.24. The Bertz CT molecular complexity index is 1450. The molecule has 0 saturated carbocycles. The van der Waals surface area contributed by atoms with Crippen LogP contribution in [0, 0.1) is 0 Å². The number of rotatable bonds is 3. The van der Waals surface area contributed by atoms with E-state index in [1.807, 2.05) is 26.8 Å². The number of fused-ring (bicyclic) bond motifs is 3. The van der Waals surface area contributed by atoms with Crippen LogP contribution in [0.4, 0.5) is 32.0 Å². The van der Waals surface area contributed by atoms with E-state index in [0.717, 1.165) is 17.2 Å². The van der Waals surface area contributed by atoms with E-state index in [4.69, 9.17) is 0 Å². The van der Waals surface area contributed by atoms with Crippen LogP contribution in [0.2, 0.25) is 0 Å². The van der Waals surface area contributed by atoms with Gasteiger partial charge in [-0.05, 0) is 55.1 Å². The summed E-state index contributed by atoms with van der Waals surface area (Å²) in [5.74, 6) is -1.03. The third-order valence-corrected chi connectivity index (χ3v) is 8.31. The Hall–Kier alpha value is -3.05. The summed E-state index contributed by atoms with van der Waals surface area (Å²) in [5.41, 5.74) is -1.06. The van der Waals surface area contributed by atoms with Crippen LogP contribution in [0.3, 0.4) is 0 Å². The van der Waals surface area contributed by atoms with Crippen molar-refractivity contribution in [3.8, 4) is 0 Å². The number of carbonyl (C=O) groups excluding carboxylic acids is 1. The molecule has 5 rings (SSSR count). The molecular formula is C29H31F6N4O+. The highest BCUT2D eigenvalue weighted by molar-refractivity contribution is 6.06. The van der Waals surface area contributed by atoms with Crippen LogP contribution in [0.5, 0.6) is 0 Å². The lowest BCUT2D eigenvalue weighted by molar-refractivity contribution is -0.142. The van der Waals surface area contributed by atoms with Crippen LogP contribution < -0.4 is 9.80 Å². The average molecular weight is 566 g/mol. The van der Waals surface area contributed by atoms with Gasteiger partial charge in [-0.1, -0.05) is 26.8 Å². The number of alkyl halides is 6. The molecule has 1 unspecified atom stereocenters. The van der Waals surface area contributed by atoms with E-state index in [1.165, 1.54) is 18.5 Å². The molecule has 0 bridgehead atoms. The highest BCUT2D eigenvalue weighted by atomic mass is 19.4. The van der Waals surface area contributed by atoms with Gasteiger partial charge in [0.25, 0.3) is 0 Å². The first-order chi connectivity index (χ1) is 18.6. The number of aromatic nitrogens is 2. The molecule has 0 aliphatic carbocycles. The highest BCUT2D eigenvalue weighted by Crippen LogP contribution is 2.52. The van der Waals surface area contributed by atoms with E-state index >= 15 is 0 Å². The molecule has 1 amide bonds. The molecule has 3 aromatic rings. The lowest BCUT2D eigenvalue weighted by Gasteiger charge is -2.37. The second kappa shape index (κ2) is 9.51. The second-order valence-electron chi connectivity index (χ2n) is 12.0. The van der Waals surface area contributed by atoms with Gasteiger partial charge in [-0.2, -0.15) is 26.3 Å². The predicted octanol–water partition coefficient (Wildman–Crippen LogP) is 6.68. The van der Waals surface area contributed by atoms with E-state index in [2.05, 4.69) is 15.3 Å². The van der Waals surface area contributed by atoms with Gasteiger partial charge in [0.2, 0.25) is 0 Å². The fourth-order valence-corrected chi connectivity index (χ4v) is 6.25. The number of piperidine rings is 1. The standard InChI is InChI=1S/C29H31F6N4O/c1-26(2,3)19-4-5-23-21(15-19)27(7-11-36-12-8-27)17-39(23,13-9-28(30,31)32)25(40)20-14-18-16-37-10-6-22(18)38-24(20)29(33,34)35/h4-6,10,14-16,36H,7-9,11-13,17H2,1-3H3/q+1. The third-order valence-electron chi connectivity index (χ3n) is 8.31. The summed E-state index contributed by atoms with van der Waals surface area (Å²) in [4.78, 5) is 22.2. The number of halogens is 6. The Morgan fingerprint density at radius 3 is 2.35 bits per heavy atom. The van der Waals surface area contributed by atoms with Crippen LogP contribution in [0.1, 0.15) is 67.2 Å². The van der Waals surface area contributed by atoms with Crippen molar-refractivity contribution in [3.05, 3.63) is 65.1 Å². The first-order valence-corrected chi connectivity index (χ1v) is 13.2. The van der Waals surface area contributed by atoms with Crippen LogP contribution in [0.15, 0.2) is 42.7 Å². The normalized spacial score (nSPS) is 21.1. The molecule has 2 aliphatic rings. The lowest BCUT2D eigenvalue weighted by Crippen LogP contribution is -2.58. The third kappa shape index (κ3) is 4.98. The van der Waals surface area contributed by atoms with Gasteiger partial charge >= 0.3 is 18.3 Å². The van der Waals surface area contributed by atoms with Crippen molar-refractivity contribution in [1.82, 2.24) is 19.8 Å². The number of benzene rings is 1. The van der Waals surface area contributed by atoms with Crippen LogP contribution in [-0.4, -0.2) is 48.2 Å². The van der Waals surface area contributed by atoms with E-state index in [-0.39, 0.29) is 22.9 Å². The number of nitrogens with one attached hydrogen (secondary N) is 1. The minimum Gasteiger partial charge on any atom is -0.317 e. The van der Waals surface area contributed by atoms with Crippen molar-refractivity contribution in [3.63, 3.8) is 0 Å². The van der Waals surface area contributed by atoms with Crippen molar-refractivity contribution in [1.29, 1.82) is 0 Å². The van der Waals surface area contributed by atoms with Crippen LogP contribution >= 0.6 is 0 Å². The van der Waals surface area contributed by atoms with Crippen molar-refractivity contribution in [2.45, 2.75) is 63.2 Å². The zero-order valence-corrected chi connectivity index (χ0v) is 22.5. The van der Waals surface area contributed by atoms with Gasteiger partial charge < -0.3 is 5.32 Å². The molecule has 1 atom stereocenters. The molecule has 11 heteroatoms. The molecule has 0 radical (unpaired) electrons. The summed E-state index contributed by atoms with van der Waals surface area (Å²) in [5, 5.41) is 3.47. The molecule has 1 saturated heterocycles. The summed E-state index contributed by atoms with van der Waals surface area (Å²) < 4.78 is 83.3. The predicted molar refractivity (Wildman–Crippen MR) is 140 cm³/mol. The Labute approximate surface area is 228 Å². The van der Waals surface area contributed by atoms with Gasteiger partial charge in [-0.25, -0.2) is 14.3 Å². The van der Waals surface area contributed by atoms with Gasteiger partial charge in [0.15, 0.2) is 5.69 Å². The number of pyridine rings is 2. The molecule has 2 aromatic heterocycles. The summed E-state index contributed by atoms with van der Waals surface area (Å²) in [6, 6.07) is 7.76. The molecule has 1 spiro atoms. The minimum absolute atomic E-state index is 0.00724. The minimum atomic E-state index is -5.00. The smallest absolute Gasteiger partial charge is 0.317 e. The van der Waals surface area contributed by atoms with Crippen molar-refractivity contribution in [2.75, 3.05) is 26.2 Å². The maximum Gasteiger partial charge on any atom is 0.434 e. The Morgan fingerprint density at radius 2 is 1.73 bits per heavy atom. The second-order valence-corrected chi connectivity index (χ2v) is 12.0. The number of hydrogen-bond acceptors (Lipinski definition) is 4. The topological polar surface area (TPSA) is 54.9 Å². The quantitative estimate of drug-likeness (QED) is 0.284. The molecule has 1 aromatic carbocycles. The molecule has 4 heterocycles. The number of hydrogen-bond donors (Lipinski definition) is 1. The van der Waals surface area contributed by atoms with E-state index in [1.54, 1.807) is 12.1 Å². The van der Waals surface area contributed by atoms with Gasteiger partial charge in [0.05, 0.1) is 23.9 Å². The fraction of sp³-hybridized carbons (Fsp3) is 0.483. The molecular weight excluding hydrogens is 534 g/mol. The number of nitrogens with zero attached hydrogens (tertiary/aromatic N) is 3. The van der Waals surface area contributed by atoms with Crippen molar-refractivity contribution >= 4 is 22.5 Å². The van der Waals surface area contributed by atoms with Gasteiger partial charge in [0, 0.05) is 29.4 Å². The van der Waals surface area contributed by atoms with Gasteiger partial charge in [-0.15, -0.1) is 0 Å². The lowest BCUT2D eigenvalue weighted by atomic mass is 9.73. The average Bonchev–Trinajstić information content (AvgIpc) is 3.15. The molecule has 1 fully saturated rings. The summed E-state index contributed by atoms with van der Waals surface area (Å²) in [6.45, 7) is 6.46. The first-order valence-electron chi connectivity index (χ1n) is 13.2. The van der Waals surface area contributed by atoms with Gasteiger partial charge in [0.1, 0.15) is 17.8 Å². The fourth-order valence-electron chi connectivity index (χ4n) is 6.25. The molecule has 40 heavy (non-hydrogen) atoms. The maximum absolute atomic E-state index is 14.5. The zero-order chi connectivity index (χ0) is 29.1. The summed E-state index contributed by atoms with van der Waals surface area (Å²) >= 11 is 0. The number of carbonyl (C=O) groups is 1. The SMILES string of the molecule is CC(C)(C)c1ccc2c(c1)C1(CCNCC1)C[N+]2(CCC(F)(F)F)C(=O)c1cc2cnccc2nc1C(F)(F)F. The van der Waals surface area contributed by atoms with E-state index in [0.29, 0.717) is 31.6 Å². The number of quaternary nitrogens is 1. The molecule has 5 nitrogen and oxygen atoms in total. The Balaban J connectivity index is 1.78. The van der Waals surface area contributed by atoms with E-state index in [9.17, 15) is 31.1 Å². The Kier molecular flexibility index (Phi) is 6.77. The Morgan fingerprint density at radius 1 is 1.02 bits per heavy atom. The first kappa shape index (κ1) is 28.5. The van der Waals surface area contributed by atoms with Gasteiger partial charge in [-0.3, -0.25) is 4.98 Å². The maximum atomic E-state index is 14.5. The highest BCUT2D eigenvalue weighted by Gasteiger charge is 2.59. The molecule has 214 valence electrons. The molecule has 2 aliphatic heterocycles. The van der Waals surface area contributed by atoms with Crippen LogP contribution in [0.25, 0.3) is 10.9 Å². The largest absolute Gasteiger partial charge is 0.434 e. The monoisotopic (exact) mass is 565 g/mol. The van der Waals surface area contributed by atoms with Crippen molar-refractivity contribution < 1.29 is 31.1 Å². The number of amides is 1. The van der Waals surface area contributed by atoms with E-state index < -0.39 is 52.4 Å². The van der Waals surface area contributed by atoms with Crippen molar-refractivity contribution in [2.24, 2.45) is 0 Å². The van der Waals surface area contributed by atoms with Crippen LogP contribution in [-0.2, 0) is 17.0 Å². The molecule has 1 N–H and O–H groups in total. The summed E-state index contributed by atoms with van der Waals surface area (Å²) in [7, 11) is 0. The zero-order valence-electron chi connectivity index (χ0n) is 22.5.